The summed E-state index contributed by atoms with van der Waals surface area (Å²) < 4.78 is 15.0. The quantitative estimate of drug-likeness (QED) is 0.789. The van der Waals surface area contributed by atoms with Gasteiger partial charge < -0.3 is 0 Å². The summed E-state index contributed by atoms with van der Waals surface area (Å²) in [6.07, 6.45) is 6.68. The summed E-state index contributed by atoms with van der Waals surface area (Å²) in [7, 11) is -1.08. The molecule has 0 fully saturated rings. The van der Waals surface area contributed by atoms with Gasteiger partial charge in [0.25, 0.3) is 0 Å². The highest BCUT2D eigenvalue weighted by Crippen LogP contribution is 2.11. The summed E-state index contributed by atoms with van der Waals surface area (Å²) in [5, 5.41) is 0. The van der Waals surface area contributed by atoms with Crippen molar-refractivity contribution in [1.29, 1.82) is 0 Å². The third kappa shape index (κ3) is 5.99. The van der Waals surface area contributed by atoms with E-state index < -0.39 is 11.0 Å². The molecule has 1 rings (SSSR count). The van der Waals surface area contributed by atoms with Gasteiger partial charge in [-0.25, -0.2) is 8.93 Å². The fourth-order valence-electron chi connectivity index (χ4n) is 1.45. The van der Waals surface area contributed by atoms with E-state index in [0.717, 1.165) is 12.0 Å². The molecule has 0 aliphatic heterocycles. The van der Waals surface area contributed by atoms with E-state index >= 15 is 0 Å². The van der Waals surface area contributed by atoms with Crippen LogP contribution in [0, 0.1) is 0 Å². The highest BCUT2D eigenvalue weighted by molar-refractivity contribution is 7.84. The number of benzene rings is 1. The lowest BCUT2D eigenvalue weighted by Crippen LogP contribution is -2.38. The Balaban J connectivity index is 2.71. The Hall–Kier alpha value is -1.19. The number of hydrogen-bond acceptors (Lipinski definition) is 1. The molecule has 0 aliphatic carbocycles. The summed E-state index contributed by atoms with van der Waals surface area (Å²) in [6, 6.07) is 10.1. The largest absolute Gasteiger partial charge is 0.242 e. The molecule has 1 aromatic rings. The van der Waals surface area contributed by atoms with Crippen LogP contribution in [0.4, 0.5) is 0 Å². The van der Waals surface area contributed by atoms with Crippen molar-refractivity contribution in [3.63, 3.8) is 0 Å². The van der Waals surface area contributed by atoms with Gasteiger partial charge >= 0.3 is 0 Å². The van der Waals surface area contributed by atoms with Crippen molar-refractivity contribution in [1.82, 2.24) is 4.72 Å². The van der Waals surface area contributed by atoms with Gasteiger partial charge in [0, 0.05) is 6.04 Å². The van der Waals surface area contributed by atoms with Gasteiger partial charge in [-0.15, -0.1) is 6.58 Å². The normalized spacial score (nSPS) is 15.3. The maximum Gasteiger partial charge on any atom is 0.0975 e. The first-order chi connectivity index (χ1) is 8.93. The number of hydrogen-bond donors (Lipinski definition) is 1. The summed E-state index contributed by atoms with van der Waals surface area (Å²) in [5.74, 6) is 0. The standard InChI is InChI=1S/C16H23NOS/c1-5-9-15(17-19(18)16(2,3)4)13-12-14-10-7-6-8-11-14/h5-8,10-13,15,17H,1,9H2,2-4H3/b13-12+/t15-,19?/m0/s1. The SMILES string of the molecule is C=CC[C@@H](/C=C/c1ccccc1)NS(=O)C(C)(C)C. The van der Waals surface area contributed by atoms with Gasteiger partial charge in [-0.2, -0.15) is 0 Å². The third-order valence-electron chi connectivity index (χ3n) is 2.56. The zero-order valence-electron chi connectivity index (χ0n) is 11.9. The number of rotatable bonds is 6. The average molecular weight is 277 g/mol. The van der Waals surface area contributed by atoms with Crippen LogP contribution < -0.4 is 4.72 Å². The smallest absolute Gasteiger partial charge is 0.0975 e. The van der Waals surface area contributed by atoms with E-state index in [1.807, 2.05) is 69.3 Å². The molecule has 2 nitrogen and oxygen atoms in total. The average Bonchev–Trinajstić information content (AvgIpc) is 2.36. The van der Waals surface area contributed by atoms with Crippen LogP contribution >= 0.6 is 0 Å². The van der Waals surface area contributed by atoms with Crippen molar-refractivity contribution < 1.29 is 4.21 Å². The first-order valence-corrected chi connectivity index (χ1v) is 7.60. The summed E-state index contributed by atoms with van der Waals surface area (Å²) in [4.78, 5) is 0. The zero-order valence-corrected chi connectivity index (χ0v) is 12.7. The highest BCUT2D eigenvalue weighted by Gasteiger charge is 2.21. The van der Waals surface area contributed by atoms with Crippen LogP contribution in [0.5, 0.6) is 0 Å². The second-order valence-corrected chi connectivity index (χ2v) is 7.40. The van der Waals surface area contributed by atoms with E-state index in [2.05, 4.69) is 11.3 Å². The Morgan fingerprint density at radius 2 is 1.95 bits per heavy atom. The lowest BCUT2D eigenvalue weighted by molar-refractivity contribution is 0.622. The predicted molar refractivity (Wildman–Crippen MR) is 85.1 cm³/mol. The molecule has 0 aliphatic rings. The zero-order chi connectivity index (χ0) is 14.3. The highest BCUT2D eigenvalue weighted by atomic mass is 32.2. The van der Waals surface area contributed by atoms with E-state index in [-0.39, 0.29) is 10.8 Å². The monoisotopic (exact) mass is 277 g/mol. The van der Waals surface area contributed by atoms with Crippen molar-refractivity contribution in [3.8, 4) is 0 Å². The molecule has 0 amide bonds. The van der Waals surface area contributed by atoms with Crippen LogP contribution in [0.2, 0.25) is 0 Å². The fraction of sp³-hybridized carbons (Fsp3) is 0.375. The van der Waals surface area contributed by atoms with Crippen LogP contribution in [0.25, 0.3) is 6.08 Å². The van der Waals surface area contributed by atoms with Crippen LogP contribution in [-0.2, 0) is 11.0 Å². The molecule has 3 heteroatoms. The first-order valence-electron chi connectivity index (χ1n) is 6.45. The third-order valence-corrected chi connectivity index (χ3v) is 4.18. The Morgan fingerprint density at radius 3 is 2.47 bits per heavy atom. The molecular weight excluding hydrogens is 254 g/mol. The minimum atomic E-state index is -1.08. The Kier molecular flexibility index (Phi) is 6.19. The van der Waals surface area contributed by atoms with Crippen molar-refractivity contribution in [2.45, 2.75) is 38.0 Å². The second kappa shape index (κ2) is 7.41. The maximum atomic E-state index is 12.1. The van der Waals surface area contributed by atoms with Gasteiger partial charge in [0.2, 0.25) is 0 Å². The van der Waals surface area contributed by atoms with Crippen molar-refractivity contribution in [3.05, 3.63) is 54.6 Å². The van der Waals surface area contributed by atoms with Gasteiger partial charge in [-0.1, -0.05) is 48.6 Å². The second-order valence-electron chi connectivity index (χ2n) is 5.40. The molecule has 0 aromatic heterocycles. The number of nitrogens with one attached hydrogen (secondary N) is 1. The molecule has 0 heterocycles. The molecule has 19 heavy (non-hydrogen) atoms. The van der Waals surface area contributed by atoms with Crippen LogP contribution in [0.3, 0.4) is 0 Å². The van der Waals surface area contributed by atoms with Gasteiger partial charge in [0.05, 0.1) is 15.7 Å². The molecule has 0 radical (unpaired) electrons. The molecule has 0 saturated heterocycles. The molecule has 2 atom stereocenters. The lowest BCUT2D eigenvalue weighted by atomic mass is 10.1. The molecular formula is C16H23NOS. The summed E-state index contributed by atoms with van der Waals surface area (Å²) in [5.41, 5.74) is 1.14. The molecule has 0 spiro atoms. The molecule has 0 saturated carbocycles. The lowest BCUT2D eigenvalue weighted by Gasteiger charge is -2.21. The van der Waals surface area contributed by atoms with Gasteiger partial charge in [-0.3, -0.25) is 0 Å². The predicted octanol–water partition coefficient (Wildman–Crippen LogP) is 3.70. The van der Waals surface area contributed by atoms with E-state index in [9.17, 15) is 4.21 Å². The van der Waals surface area contributed by atoms with E-state index in [0.29, 0.717) is 0 Å². The Labute approximate surface area is 119 Å². The summed E-state index contributed by atoms with van der Waals surface area (Å²) >= 11 is 0. The molecule has 1 N–H and O–H groups in total. The fourth-order valence-corrected chi connectivity index (χ4v) is 2.25. The van der Waals surface area contributed by atoms with E-state index in [1.165, 1.54) is 0 Å². The van der Waals surface area contributed by atoms with Crippen LogP contribution in [0.15, 0.2) is 49.1 Å². The van der Waals surface area contributed by atoms with Crippen molar-refractivity contribution >= 4 is 17.1 Å². The Morgan fingerprint density at radius 1 is 1.32 bits per heavy atom. The minimum Gasteiger partial charge on any atom is -0.242 e. The van der Waals surface area contributed by atoms with Gasteiger partial charge in [0.15, 0.2) is 0 Å². The summed E-state index contributed by atoms with van der Waals surface area (Å²) in [6.45, 7) is 9.63. The minimum absolute atomic E-state index is 0.0396. The molecule has 1 unspecified atom stereocenters. The van der Waals surface area contributed by atoms with E-state index in [4.69, 9.17) is 0 Å². The molecule has 104 valence electrons. The molecule has 0 bridgehead atoms. The molecule has 1 aromatic carbocycles. The van der Waals surface area contributed by atoms with Crippen molar-refractivity contribution in [2.24, 2.45) is 0 Å². The maximum absolute atomic E-state index is 12.1. The van der Waals surface area contributed by atoms with Gasteiger partial charge in [0.1, 0.15) is 0 Å². The van der Waals surface area contributed by atoms with Gasteiger partial charge in [-0.05, 0) is 32.8 Å². The Bertz CT molecular complexity index is 446. The van der Waals surface area contributed by atoms with Crippen LogP contribution in [0.1, 0.15) is 32.8 Å². The van der Waals surface area contributed by atoms with E-state index in [1.54, 1.807) is 0 Å². The van der Waals surface area contributed by atoms with Crippen LogP contribution in [-0.4, -0.2) is 15.0 Å². The topological polar surface area (TPSA) is 29.1 Å². The van der Waals surface area contributed by atoms with Crippen molar-refractivity contribution in [2.75, 3.05) is 0 Å². The first kappa shape index (κ1) is 15.9.